The topological polar surface area (TPSA) is 113 Å². The Balaban J connectivity index is 1.86. The lowest BCUT2D eigenvalue weighted by Crippen LogP contribution is -2.31. The number of carbonyl (C=O) groups excluding carboxylic acids is 3. The zero-order valence-corrected chi connectivity index (χ0v) is 21.8. The molecule has 3 aromatic carbocycles. The van der Waals surface area contributed by atoms with Crippen molar-refractivity contribution in [2.75, 3.05) is 10.2 Å². The molecule has 1 aliphatic heterocycles. The van der Waals surface area contributed by atoms with Crippen LogP contribution in [0.15, 0.2) is 66.7 Å². The molecule has 0 saturated carbocycles. The summed E-state index contributed by atoms with van der Waals surface area (Å²) in [5.41, 5.74) is 2.84. The van der Waals surface area contributed by atoms with E-state index < -0.39 is 29.4 Å². The normalized spacial score (nSPS) is 14.1. The molecule has 0 aromatic heterocycles. The Morgan fingerprint density at radius 2 is 1.55 bits per heavy atom. The van der Waals surface area contributed by atoms with Crippen LogP contribution >= 0.6 is 0 Å². The largest absolute Gasteiger partial charge is 0.478 e. The van der Waals surface area contributed by atoms with Gasteiger partial charge in [-0.25, -0.2) is 14.5 Å². The molecule has 1 heterocycles. The van der Waals surface area contributed by atoms with Gasteiger partial charge >= 0.3 is 11.9 Å². The number of imide groups is 1. The van der Waals surface area contributed by atoms with Crippen LogP contribution in [0.2, 0.25) is 0 Å². The van der Waals surface area contributed by atoms with Gasteiger partial charge in [0.05, 0.1) is 28.1 Å². The fourth-order valence-electron chi connectivity index (χ4n) is 4.26. The van der Waals surface area contributed by atoms with Crippen molar-refractivity contribution < 1.29 is 29.0 Å². The number of ether oxygens (including phenoxy) is 1. The van der Waals surface area contributed by atoms with Crippen molar-refractivity contribution in [3.05, 3.63) is 94.5 Å². The van der Waals surface area contributed by atoms with Gasteiger partial charge in [0, 0.05) is 18.2 Å². The van der Waals surface area contributed by atoms with E-state index in [1.807, 2.05) is 30.3 Å². The Labute approximate surface area is 220 Å². The zero-order valence-electron chi connectivity index (χ0n) is 21.8. The summed E-state index contributed by atoms with van der Waals surface area (Å²) in [6.45, 7) is 8.28. The number of carbonyl (C=O) groups is 4. The van der Waals surface area contributed by atoms with E-state index in [1.165, 1.54) is 13.0 Å². The number of rotatable bonds is 5. The van der Waals surface area contributed by atoms with Crippen molar-refractivity contribution in [1.82, 2.24) is 0 Å². The minimum absolute atomic E-state index is 0.0102. The average Bonchev–Trinajstić information content (AvgIpc) is 3.12. The molecule has 0 radical (unpaired) electrons. The van der Waals surface area contributed by atoms with Crippen molar-refractivity contribution in [2.45, 2.75) is 40.2 Å². The number of aromatic carboxylic acids is 1. The maximum Gasteiger partial charge on any atom is 0.338 e. The molecule has 8 nitrogen and oxygen atoms in total. The molecule has 0 aliphatic carbocycles. The van der Waals surface area contributed by atoms with Gasteiger partial charge in [-0.1, -0.05) is 30.3 Å². The van der Waals surface area contributed by atoms with E-state index >= 15 is 0 Å². The van der Waals surface area contributed by atoms with Crippen LogP contribution in [0.4, 0.5) is 11.4 Å². The lowest BCUT2D eigenvalue weighted by Gasteiger charge is -2.19. The van der Waals surface area contributed by atoms with Crippen LogP contribution in [0.25, 0.3) is 11.3 Å². The highest BCUT2D eigenvalue weighted by atomic mass is 16.6. The van der Waals surface area contributed by atoms with E-state index in [9.17, 15) is 24.3 Å². The minimum atomic E-state index is -1.15. The maximum atomic E-state index is 13.7. The number of hydrogen-bond acceptors (Lipinski definition) is 6. The van der Waals surface area contributed by atoms with Gasteiger partial charge in [-0.15, -0.1) is 0 Å². The van der Waals surface area contributed by atoms with Crippen molar-refractivity contribution in [1.29, 1.82) is 0 Å². The fourth-order valence-corrected chi connectivity index (χ4v) is 4.26. The second-order valence-corrected chi connectivity index (χ2v) is 9.97. The highest BCUT2D eigenvalue weighted by Crippen LogP contribution is 2.42. The second-order valence-electron chi connectivity index (χ2n) is 9.97. The number of hydrogen-bond donors (Lipinski definition) is 2. The summed E-state index contributed by atoms with van der Waals surface area (Å²) in [6, 6.07) is 18.8. The highest BCUT2D eigenvalue weighted by Gasteiger charge is 2.38. The first-order valence-electron chi connectivity index (χ1n) is 12.0. The Kier molecular flexibility index (Phi) is 6.91. The molecule has 0 spiro atoms. The number of carboxylic acids is 1. The quantitative estimate of drug-likeness (QED) is 0.342. The molecule has 4 rings (SSSR count). The van der Waals surface area contributed by atoms with E-state index in [-0.39, 0.29) is 16.8 Å². The van der Waals surface area contributed by atoms with Gasteiger partial charge in [0.15, 0.2) is 0 Å². The van der Waals surface area contributed by atoms with Gasteiger partial charge in [0.25, 0.3) is 5.91 Å². The smallest absolute Gasteiger partial charge is 0.338 e. The molecule has 2 amide bonds. The first-order valence-corrected chi connectivity index (χ1v) is 12.0. The molecule has 3 aromatic rings. The number of carboxylic acid groups (broad SMARTS) is 1. The van der Waals surface area contributed by atoms with Crippen molar-refractivity contribution in [3.8, 4) is 0 Å². The second kappa shape index (κ2) is 9.97. The summed E-state index contributed by atoms with van der Waals surface area (Å²) < 4.78 is 5.43. The monoisotopic (exact) mass is 512 g/mol. The predicted molar refractivity (Wildman–Crippen MR) is 145 cm³/mol. The van der Waals surface area contributed by atoms with E-state index in [2.05, 4.69) is 5.32 Å². The van der Waals surface area contributed by atoms with E-state index in [0.29, 0.717) is 33.6 Å². The van der Waals surface area contributed by atoms with Crippen molar-refractivity contribution in [3.63, 3.8) is 0 Å². The Bertz CT molecular complexity index is 1480. The number of nitrogens with zero attached hydrogens (tertiary/aromatic N) is 1. The summed E-state index contributed by atoms with van der Waals surface area (Å²) in [4.78, 5) is 51.4. The van der Waals surface area contributed by atoms with Crippen LogP contribution in [0.5, 0.6) is 0 Å². The molecule has 0 unspecified atom stereocenters. The first kappa shape index (κ1) is 26.3. The van der Waals surface area contributed by atoms with Gasteiger partial charge in [-0.2, -0.15) is 0 Å². The van der Waals surface area contributed by atoms with Crippen LogP contribution in [-0.4, -0.2) is 34.5 Å². The Morgan fingerprint density at radius 1 is 0.921 bits per heavy atom. The molecule has 0 atom stereocenters. The van der Waals surface area contributed by atoms with Gasteiger partial charge in [-0.3, -0.25) is 9.59 Å². The third kappa shape index (κ3) is 5.20. The zero-order chi connectivity index (χ0) is 27.8. The molecule has 0 bridgehead atoms. The SMILES string of the molecule is CC(=O)N1C(=O)/C(=C(/Nc2ccc(C(=O)OC(C)(C)C)cc2)c2ccccc2)c2cc(C)c(C(=O)O)cc21. The molecule has 38 heavy (non-hydrogen) atoms. The lowest BCUT2D eigenvalue weighted by atomic mass is 9.96. The van der Waals surface area contributed by atoms with Crippen LogP contribution in [0.1, 0.15) is 65.1 Å². The minimum Gasteiger partial charge on any atom is -0.478 e. The van der Waals surface area contributed by atoms with Crippen molar-refractivity contribution >= 4 is 46.4 Å². The number of fused-ring (bicyclic) bond motifs is 1. The molecule has 194 valence electrons. The van der Waals surface area contributed by atoms with Crippen LogP contribution in [0.3, 0.4) is 0 Å². The lowest BCUT2D eigenvalue weighted by molar-refractivity contribution is -0.122. The fraction of sp³-hybridized carbons (Fsp3) is 0.200. The number of nitrogens with one attached hydrogen (secondary N) is 1. The van der Waals surface area contributed by atoms with Crippen LogP contribution in [0, 0.1) is 6.92 Å². The number of aryl methyl sites for hydroxylation is 1. The number of anilines is 2. The van der Waals surface area contributed by atoms with Crippen molar-refractivity contribution in [2.24, 2.45) is 0 Å². The summed E-state index contributed by atoms with van der Waals surface area (Å²) in [6.07, 6.45) is 0. The summed E-state index contributed by atoms with van der Waals surface area (Å²) >= 11 is 0. The van der Waals surface area contributed by atoms with Gasteiger partial charge < -0.3 is 15.2 Å². The molecule has 0 saturated heterocycles. The Hall–Kier alpha value is -4.72. The summed E-state index contributed by atoms with van der Waals surface area (Å²) in [5.74, 6) is -2.69. The Morgan fingerprint density at radius 3 is 2.11 bits per heavy atom. The van der Waals surface area contributed by atoms with Crippen LogP contribution in [-0.2, 0) is 14.3 Å². The van der Waals surface area contributed by atoms with E-state index in [1.54, 1.807) is 58.0 Å². The average molecular weight is 513 g/mol. The maximum absolute atomic E-state index is 13.7. The third-order valence-electron chi connectivity index (χ3n) is 5.92. The highest BCUT2D eigenvalue weighted by molar-refractivity contribution is 6.44. The van der Waals surface area contributed by atoms with E-state index in [0.717, 1.165) is 4.90 Å². The predicted octanol–water partition coefficient (Wildman–Crippen LogP) is 5.52. The number of esters is 1. The molecule has 2 N–H and O–H groups in total. The van der Waals surface area contributed by atoms with Gasteiger partial charge in [0.1, 0.15) is 5.60 Å². The molecule has 8 heteroatoms. The number of benzene rings is 3. The van der Waals surface area contributed by atoms with Gasteiger partial charge in [0.2, 0.25) is 5.91 Å². The third-order valence-corrected chi connectivity index (χ3v) is 5.92. The summed E-state index contributed by atoms with van der Waals surface area (Å²) in [7, 11) is 0. The summed E-state index contributed by atoms with van der Waals surface area (Å²) in [5, 5.41) is 12.9. The molecular formula is C30H28N2O6. The molecular weight excluding hydrogens is 484 g/mol. The molecule has 0 fully saturated rings. The molecule has 1 aliphatic rings. The van der Waals surface area contributed by atoms with Crippen LogP contribution < -0.4 is 10.2 Å². The number of amides is 2. The van der Waals surface area contributed by atoms with Gasteiger partial charge in [-0.05, 0) is 75.2 Å². The van der Waals surface area contributed by atoms with E-state index in [4.69, 9.17) is 4.74 Å². The standard InChI is InChI=1S/C30H28N2O6/c1-17-15-23-24(16-22(17)28(35)36)32(18(2)33)27(34)25(23)26(19-9-7-6-8-10-19)31-21-13-11-20(12-14-21)29(37)38-30(3,4)5/h6-16,31H,1-5H3,(H,35,36)/b26-25+. The first-order chi connectivity index (χ1) is 17.9.